The fraction of sp³-hybridized carbons (Fsp3) is 0.400. The van der Waals surface area contributed by atoms with Gasteiger partial charge in [-0.25, -0.2) is 9.37 Å². The molecule has 2 atom stereocenters. The maximum absolute atomic E-state index is 14.1. The molecule has 1 aliphatic rings. The number of nitrogen functional groups attached to an aromatic ring is 1. The van der Waals surface area contributed by atoms with Crippen molar-refractivity contribution in [1.82, 2.24) is 4.98 Å². The minimum atomic E-state index is -0.186. The van der Waals surface area contributed by atoms with E-state index >= 15 is 0 Å². The molecule has 0 spiro atoms. The number of nitrogens with zero attached hydrogens (tertiary/aromatic N) is 1. The van der Waals surface area contributed by atoms with Crippen LogP contribution in [-0.2, 0) is 0 Å². The monoisotopic (exact) mass is 292 g/mol. The van der Waals surface area contributed by atoms with Gasteiger partial charge in [0.25, 0.3) is 0 Å². The molecule has 1 aromatic heterocycles. The van der Waals surface area contributed by atoms with E-state index < -0.39 is 0 Å². The van der Waals surface area contributed by atoms with E-state index in [0.29, 0.717) is 16.4 Å². The third-order valence-corrected chi connectivity index (χ3v) is 4.92. The molecule has 0 bridgehead atoms. The maximum atomic E-state index is 14.1. The molecule has 106 valence electrons. The highest BCUT2D eigenvalue weighted by atomic mass is 32.1. The number of methoxy groups -OCH3 is 1. The third-order valence-electron chi connectivity index (χ3n) is 4.22. The van der Waals surface area contributed by atoms with E-state index in [-0.39, 0.29) is 23.1 Å². The van der Waals surface area contributed by atoms with Crippen LogP contribution in [0, 0.1) is 11.2 Å². The number of nitrogens with two attached hydrogens (primary N) is 1. The van der Waals surface area contributed by atoms with Crippen molar-refractivity contribution in [2.45, 2.75) is 25.7 Å². The Morgan fingerprint density at radius 1 is 1.35 bits per heavy atom. The van der Waals surface area contributed by atoms with Crippen LogP contribution in [0.4, 0.5) is 9.52 Å². The van der Waals surface area contributed by atoms with Crippen LogP contribution in [0.3, 0.4) is 0 Å². The predicted octanol–water partition coefficient (Wildman–Crippen LogP) is 3.78. The number of anilines is 1. The largest absolute Gasteiger partial charge is 0.497 e. The highest BCUT2D eigenvalue weighted by Crippen LogP contribution is 2.70. The summed E-state index contributed by atoms with van der Waals surface area (Å²) in [6.07, 6.45) is 0. The van der Waals surface area contributed by atoms with Gasteiger partial charge in [0.05, 0.1) is 12.8 Å². The van der Waals surface area contributed by atoms with Crippen LogP contribution in [-0.4, -0.2) is 12.1 Å². The number of ether oxygens (including phenoxy) is 1. The van der Waals surface area contributed by atoms with Crippen molar-refractivity contribution in [2.75, 3.05) is 12.8 Å². The zero-order valence-corrected chi connectivity index (χ0v) is 12.5. The van der Waals surface area contributed by atoms with Gasteiger partial charge in [-0.1, -0.05) is 13.8 Å². The number of benzene rings is 1. The van der Waals surface area contributed by atoms with Gasteiger partial charge in [0.2, 0.25) is 0 Å². The van der Waals surface area contributed by atoms with Crippen molar-refractivity contribution < 1.29 is 9.13 Å². The van der Waals surface area contributed by atoms with Gasteiger partial charge in [-0.3, -0.25) is 0 Å². The Labute approximate surface area is 121 Å². The first kappa shape index (κ1) is 13.4. The van der Waals surface area contributed by atoms with Crippen LogP contribution < -0.4 is 10.5 Å². The Kier molecular flexibility index (Phi) is 2.97. The highest BCUT2D eigenvalue weighted by Gasteiger charge is 2.60. The van der Waals surface area contributed by atoms with Gasteiger partial charge in [0.1, 0.15) is 11.6 Å². The first-order valence-corrected chi connectivity index (χ1v) is 7.37. The molecule has 1 heterocycles. The van der Waals surface area contributed by atoms with Crippen LogP contribution in [0.2, 0.25) is 0 Å². The van der Waals surface area contributed by atoms with E-state index in [0.717, 1.165) is 5.69 Å². The highest BCUT2D eigenvalue weighted by molar-refractivity contribution is 7.13. The van der Waals surface area contributed by atoms with Crippen LogP contribution in [0.5, 0.6) is 5.75 Å². The lowest BCUT2D eigenvalue weighted by molar-refractivity contribution is 0.412. The van der Waals surface area contributed by atoms with Crippen LogP contribution >= 0.6 is 11.3 Å². The number of rotatable bonds is 3. The first-order valence-electron chi connectivity index (χ1n) is 6.49. The summed E-state index contributed by atoms with van der Waals surface area (Å²) < 4.78 is 19.3. The smallest absolute Gasteiger partial charge is 0.180 e. The third kappa shape index (κ3) is 1.97. The van der Waals surface area contributed by atoms with Crippen molar-refractivity contribution >= 4 is 16.5 Å². The van der Waals surface area contributed by atoms with E-state index in [9.17, 15) is 4.39 Å². The van der Waals surface area contributed by atoms with Crippen LogP contribution in [0.15, 0.2) is 23.6 Å². The molecular weight excluding hydrogens is 275 g/mol. The quantitative estimate of drug-likeness (QED) is 0.936. The predicted molar refractivity (Wildman–Crippen MR) is 78.7 cm³/mol. The molecule has 0 saturated heterocycles. The minimum absolute atomic E-state index is 0.0201. The van der Waals surface area contributed by atoms with Gasteiger partial charge in [0.15, 0.2) is 5.13 Å². The van der Waals surface area contributed by atoms with Gasteiger partial charge < -0.3 is 10.5 Å². The lowest BCUT2D eigenvalue weighted by Gasteiger charge is -2.07. The first-order chi connectivity index (χ1) is 9.45. The van der Waals surface area contributed by atoms with Crippen molar-refractivity contribution in [3.8, 4) is 5.75 Å². The Balaban J connectivity index is 1.99. The molecule has 0 aliphatic heterocycles. The molecule has 3 nitrogen and oxygen atoms in total. The molecule has 1 aromatic carbocycles. The second kappa shape index (κ2) is 4.45. The second-order valence-electron chi connectivity index (χ2n) is 5.77. The Morgan fingerprint density at radius 2 is 2.10 bits per heavy atom. The van der Waals surface area contributed by atoms with Gasteiger partial charge >= 0.3 is 0 Å². The lowest BCUT2D eigenvalue weighted by Crippen LogP contribution is -1.95. The van der Waals surface area contributed by atoms with E-state index in [1.807, 2.05) is 5.38 Å². The molecular formula is C15H17FN2OS. The summed E-state index contributed by atoms with van der Waals surface area (Å²) in [6, 6.07) is 4.90. The number of hydrogen-bond acceptors (Lipinski definition) is 4. The van der Waals surface area contributed by atoms with E-state index in [4.69, 9.17) is 10.5 Å². The molecule has 0 radical (unpaired) electrons. The molecule has 1 saturated carbocycles. The van der Waals surface area contributed by atoms with Gasteiger partial charge in [-0.15, -0.1) is 11.3 Å². The van der Waals surface area contributed by atoms with Gasteiger partial charge in [-0.2, -0.15) is 0 Å². The molecule has 1 fully saturated rings. The fourth-order valence-electron chi connectivity index (χ4n) is 3.10. The van der Waals surface area contributed by atoms with Crippen molar-refractivity contribution in [3.63, 3.8) is 0 Å². The van der Waals surface area contributed by atoms with E-state index in [2.05, 4.69) is 18.8 Å². The van der Waals surface area contributed by atoms with E-state index in [1.54, 1.807) is 19.2 Å². The average Bonchev–Trinajstić information content (AvgIpc) is 2.75. The molecule has 20 heavy (non-hydrogen) atoms. The molecule has 5 heteroatoms. The molecule has 2 aromatic rings. The SMILES string of the molecule is COc1ccc(F)c([C@@H]2[C@@H](c3csc(N)n3)C2(C)C)c1. The van der Waals surface area contributed by atoms with Crippen molar-refractivity contribution in [2.24, 2.45) is 5.41 Å². The molecule has 1 aliphatic carbocycles. The number of thiazole rings is 1. The fourth-order valence-corrected chi connectivity index (χ4v) is 3.70. The summed E-state index contributed by atoms with van der Waals surface area (Å²) in [7, 11) is 1.59. The normalized spacial score (nSPS) is 23.6. The maximum Gasteiger partial charge on any atom is 0.180 e. The summed E-state index contributed by atoms with van der Waals surface area (Å²) in [6.45, 7) is 4.27. The summed E-state index contributed by atoms with van der Waals surface area (Å²) >= 11 is 1.43. The summed E-state index contributed by atoms with van der Waals surface area (Å²) in [4.78, 5) is 4.36. The number of hydrogen-bond donors (Lipinski definition) is 1. The summed E-state index contributed by atoms with van der Waals surface area (Å²) in [5.74, 6) is 0.812. The minimum Gasteiger partial charge on any atom is -0.497 e. The molecule has 3 rings (SSSR count). The zero-order valence-electron chi connectivity index (χ0n) is 11.7. The van der Waals surface area contributed by atoms with Gasteiger partial charge in [0, 0.05) is 17.2 Å². The average molecular weight is 292 g/mol. The summed E-state index contributed by atoms with van der Waals surface area (Å²) in [5, 5.41) is 2.53. The number of aromatic nitrogens is 1. The molecule has 2 N–H and O–H groups in total. The number of halogens is 1. The van der Waals surface area contributed by atoms with Crippen molar-refractivity contribution in [3.05, 3.63) is 40.7 Å². The zero-order chi connectivity index (χ0) is 14.5. The van der Waals surface area contributed by atoms with Crippen molar-refractivity contribution in [1.29, 1.82) is 0 Å². The summed E-state index contributed by atoms with van der Waals surface area (Å²) in [5.41, 5.74) is 7.35. The van der Waals surface area contributed by atoms with Crippen LogP contribution in [0.25, 0.3) is 0 Å². The molecule has 0 unspecified atom stereocenters. The standard InChI is InChI=1S/C15H17FN2OS/c1-15(2)12(13(15)11-7-20-14(17)18-11)9-6-8(19-3)4-5-10(9)16/h4-7,12-13H,1-3H3,(H2,17,18)/t12-,13-/m1/s1. The second-order valence-corrected chi connectivity index (χ2v) is 6.66. The lowest BCUT2D eigenvalue weighted by atomic mass is 10.0. The topological polar surface area (TPSA) is 48.1 Å². The Hall–Kier alpha value is -1.62. The van der Waals surface area contributed by atoms with Crippen LogP contribution in [0.1, 0.15) is 36.9 Å². The van der Waals surface area contributed by atoms with E-state index in [1.165, 1.54) is 17.4 Å². The Bertz CT molecular complexity index is 653. The molecule has 0 amide bonds. The van der Waals surface area contributed by atoms with Gasteiger partial charge in [-0.05, 0) is 29.2 Å². The Morgan fingerprint density at radius 3 is 2.70 bits per heavy atom.